The average Bonchev–Trinajstić information content (AvgIpc) is 2.47. The molecule has 0 N–H and O–H groups in total. The van der Waals surface area contributed by atoms with Crippen molar-refractivity contribution in [3.63, 3.8) is 0 Å². The molecule has 1 aliphatic rings. The minimum atomic E-state index is -0.341. The number of carbonyl (C=O) groups excluding carboxylic acids is 1. The fourth-order valence-electron chi connectivity index (χ4n) is 0.984. The van der Waals surface area contributed by atoms with Gasteiger partial charge in [0.1, 0.15) is 3.39 Å². The maximum atomic E-state index is 11.3. The third-order valence-electron chi connectivity index (χ3n) is 1.63. The fourth-order valence-corrected chi connectivity index (χ4v) is 1.46. The van der Waals surface area contributed by atoms with Crippen LogP contribution in [0.4, 0.5) is 0 Å². The molecule has 0 aromatic heterocycles. The Labute approximate surface area is 110 Å². The summed E-state index contributed by atoms with van der Waals surface area (Å²) in [5, 5.41) is 0.472. The summed E-state index contributed by atoms with van der Waals surface area (Å²) in [4.78, 5) is 11.3. The second-order valence-corrected chi connectivity index (χ2v) is 6.00. The maximum Gasteiger partial charge on any atom is 0.339 e. The lowest BCUT2D eigenvalue weighted by Crippen LogP contribution is -2.04. The van der Waals surface area contributed by atoms with Crippen molar-refractivity contribution in [2.75, 3.05) is 6.61 Å². The monoisotopic (exact) mass is 354 g/mol. The second-order valence-electron chi connectivity index (χ2n) is 2.77. The minimum Gasteiger partial charge on any atom is -0.487 e. The predicted octanol–water partition coefficient (Wildman–Crippen LogP) is 3.18. The van der Waals surface area contributed by atoms with Crippen molar-refractivity contribution in [2.45, 2.75) is 13.3 Å². The first-order valence-corrected chi connectivity index (χ1v) is 6.11. The van der Waals surface area contributed by atoms with Gasteiger partial charge in [0.15, 0.2) is 10.8 Å². The van der Waals surface area contributed by atoms with E-state index in [2.05, 4.69) is 31.9 Å². The molecular weight excluding hydrogens is 348 g/mol. The maximum absolute atomic E-state index is 11.3. The molecule has 15 heavy (non-hydrogen) atoms. The van der Waals surface area contributed by atoms with Crippen LogP contribution in [0, 0.1) is 0 Å². The number of allylic oxidation sites excluding steroid dienone is 1. The first-order chi connectivity index (χ1) is 7.00. The summed E-state index contributed by atoms with van der Waals surface area (Å²) >= 11 is 11.1. The van der Waals surface area contributed by atoms with E-state index >= 15 is 0 Å². The van der Waals surface area contributed by atoms with Crippen LogP contribution in [0.15, 0.2) is 20.8 Å². The Morgan fingerprint density at radius 2 is 2.27 bits per heavy atom. The van der Waals surface area contributed by atoms with E-state index in [9.17, 15) is 4.79 Å². The van der Waals surface area contributed by atoms with E-state index in [4.69, 9.17) is 21.7 Å². The summed E-state index contributed by atoms with van der Waals surface area (Å²) in [6.07, 6.45) is 2.16. The van der Waals surface area contributed by atoms with Crippen LogP contribution in [-0.4, -0.2) is 17.6 Å². The molecule has 0 atom stereocenters. The number of thiocarbonyl (C=S) groups is 1. The summed E-state index contributed by atoms with van der Waals surface area (Å²) in [6.45, 7) is 2.08. The van der Waals surface area contributed by atoms with Crippen LogP contribution < -0.4 is 0 Å². The van der Waals surface area contributed by atoms with Gasteiger partial charge in [-0.1, -0.05) is 0 Å². The molecule has 0 saturated heterocycles. The van der Waals surface area contributed by atoms with Crippen LogP contribution in [0.5, 0.6) is 0 Å². The number of hydrogen-bond donors (Lipinski definition) is 0. The number of carbonyl (C=O) groups is 1. The number of halogens is 2. The molecule has 0 aromatic carbocycles. The molecule has 0 aromatic rings. The highest BCUT2D eigenvalue weighted by atomic mass is 79.9. The van der Waals surface area contributed by atoms with Gasteiger partial charge in [0.05, 0.1) is 6.61 Å². The summed E-state index contributed by atoms with van der Waals surface area (Å²) in [7, 11) is 0. The number of ether oxygens (including phenoxy) is 2. The largest absolute Gasteiger partial charge is 0.487 e. The van der Waals surface area contributed by atoms with Crippen LogP contribution in [0.1, 0.15) is 13.3 Å². The molecule has 0 spiro atoms. The molecule has 0 fully saturated rings. The van der Waals surface area contributed by atoms with E-state index < -0.39 is 0 Å². The lowest BCUT2D eigenvalue weighted by molar-refractivity contribution is -0.133. The van der Waals surface area contributed by atoms with Gasteiger partial charge < -0.3 is 9.47 Å². The van der Waals surface area contributed by atoms with Gasteiger partial charge in [0, 0.05) is 18.9 Å². The third kappa shape index (κ3) is 4.04. The third-order valence-corrected chi connectivity index (χ3v) is 2.53. The Morgan fingerprint density at radius 3 is 2.73 bits per heavy atom. The van der Waals surface area contributed by atoms with E-state index in [-0.39, 0.29) is 5.97 Å². The van der Waals surface area contributed by atoms with Crippen molar-refractivity contribution in [1.82, 2.24) is 0 Å². The topological polar surface area (TPSA) is 35.5 Å². The predicted molar refractivity (Wildman–Crippen MR) is 67.9 cm³/mol. The molecular formula is C9H8Br2O3S. The molecule has 0 radical (unpaired) electrons. The first-order valence-electron chi connectivity index (χ1n) is 4.12. The highest BCUT2D eigenvalue weighted by molar-refractivity contribution is 9.28. The standard InChI is InChI=1S/C9H8Br2O3S/c1-5(15)13-3-2-6-4-7(8(10)11)14-9(6)12/h4H,2-3H2,1H3. The van der Waals surface area contributed by atoms with Gasteiger partial charge in [-0.15, -0.1) is 0 Å². The van der Waals surface area contributed by atoms with Gasteiger partial charge in [-0.25, -0.2) is 4.79 Å². The van der Waals surface area contributed by atoms with Crippen molar-refractivity contribution in [2.24, 2.45) is 0 Å². The van der Waals surface area contributed by atoms with Gasteiger partial charge in [-0.2, -0.15) is 0 Å². The molecule has 0 amide bonds. The number of rotatable bonds is 3. The molecule has 6 heteroatoms. The van der Waals surface area contributed by atoms with Gasteiger partial charge in [0.2, 0.25) is 0 Å². The Morgan fingerprint density at radius 1 is 1.60 bits per heavy atom. The molecule has 0 bridgehead atoms. The van der Waals surface area contributed by atoms with Crippen molar-refractivity contribution in [1.29, 1.82) is 0 Å². The zero-order chi connectivity index (χ0) is 11.4. The summed E-state index contributed by atoms with van der Waals surface area (Å²) in [5.41, 5.74) is 0.581. The Balaban J connectivity index is 2.55. The molecule has 1 aliphatic heterocycles. The van der Waals surface area contributed by atoms with Crippen LogP contribution in [0.2, 0.25) is 0 Å². The molecule has 0 saturated carbocycles. The summed E-state index contributed by atoms with van der Waals surface area (Å²) in [6, 6.07) is 0. The molecule has 0 unspecified atom stereocenters. The van der Waals surface area contributed by atoms with E-state index in [1.165, 1.54) is 0 Å². The Hall–Kier alpha value is -0.200. The minimum absolute atomic E-state index is 0.341. The summed E-state index contributed by atoms with van der Waals surface area (Å²) < 4.78 is 10.7. The van der Waals surface area contributed by atoms with Crippen molar-refractivity contribution in [3.05, 3.63) is 20.8 Å². The van der Waals surface area contributed by atoms with E-state index in [1.807, 2.05) is 0 Å². The lowest BCUT2D eigenvalue weighted by atomic mass is 10.2. The normalized spacial score (nSPS) is 14.7. The fraction of sp³-hybridized carbons (Fsp3) is 0.333. The van der Waals surface area contributed by atoms with Crippen molar-refractivity contribution in [3.8, 4) is 0 Å². The average molecular weight is 356 g/mol. The SMILES string of the molecule is CC(=S)OCCC1=CC(=C(Br)Br)OC1=O. The molecule has 1 rings (SSSR count). The van der Waals surface area contributed by atoms with Gasteiger partial charge in [-0.3, -0.25) is 0 Å². The second kappa shape index (κ2) is 5.77. The van der Waals surface area contributed by atoms with Gasteiger partial charge >= 0.3 is 5.97 Å². The van der Waals surface area contributed by atoms with E-state index in [0.29, 0.717) is 32.8 Å². The van der Waals surface area contributed by atoms with E-state index in [0.717, 1.165) is 0 Å². The quantitative estimate of drug-likeness (QED) is 0.575. The summed E-state index contributed by atoms with van der Waals surface area (Å²) in [5.74, 6) is 0.140. The molecule has 82 valence electrons. The van der Waals surface area contributed by atoms with Crippen molar-refractivity contribution < 1.29 is 14.3 Å². The first kappa shape index (κ1) is 12.9. The highest BCUT2D eigenvalue weighted by Crippen LogP contribution is 2.28. The Bertz CT molecular complexity index is 356. The number of esters is 1. The van der Waals surface area contributed by atoms with Crippen LogP contribution in [0.3, 0.4) is 0 Å². The zero-order valence-corrected chi connectivity index (χ0v) is 11.9. The van der Waals surface area contributed by atoms with E-state index in [1.54, 1.807) is 13.0 Å². The number of hydrogen-bond acceptors (Lipinski definition) is 4. The lowest BCUT2D eigenvalue weighted by Gasteiger charge is -2.01. The Kier molecular flexibility index (Phi) is 4.95. The zero-order valence-electron chi connectivity index (χ0n) is 7.88. The van der Waals surface area contributed by atoms with Gasteiger partial charge in [0.25, 0.3) is 0 Å². The van der Waals surface area contributed by atoms with Crippen LogP contribution >= 0.6 is 44.1 Å². The van der Waals surface area contributed by atoms with Gasteiger partial charge in [-0.05, 0) is 50.2 Å². The van der Waals surface area contributed by atoms with Crippen LogP contribution in [0.25, 0.3) is 0 Å². The van der Waals surface area contributed by atoms with Crippen molar-refractivity contribution >= 4 is 55.1 Å². The molecule has 1 heterocycles. The smallest absolute Gasteiger partial charge is 0.339 e. The number of cyclic esters (lactones) is 1. The van der Waals surface area contributed by atoms with Crippen LogP contribution in [-0.2, 0) is 14.3 Å². The molecule has 0 aliphatic carbocycles. The highest BCUT2D eigenvalue weighted by Gasteiger charge is 2.22. The molecule has 3 nitrogen and oxygen atoms in total.